The van der Waals surface area contributed by atoms with E-state index in [2.05, 4.69) is 44.5 Å². The molecule has 8 heteroatoms. The zero-order valence-electron chi connectivity index (χ0n) is 20.4. The maximum Gasteiger partial charge on any atom is 0.253 e. The minimum atomic E-state index is -0.389. The summed E-state index contributed by atoms with van der Waals surface area (Å²) < 4.78 is 7.68. The second-order valence-corrected chi connectivity index (χ2v) is 9.11. The van der Waals surface area contributed by atoms with Crippen LogP contribution < -0.4 is 10.3 Å². The number of benzene rings is 2. The molecule has 1 N–H and O–H groups in total. The molecule has 4 aromatic rings. The Labute approximate surface area is 204 Å². The summed E-state index contributed by atoms with van der Waals surface area (Å²) in [6.45, 7) is 6.07. The van der Waals surface area contributed by atoms with Gasteiger partial charge in [-0.2, -0.15) is 0 Å². The van der Waals surface area contributed by atoms with Gasteiger partial charge in [0, 0.05) is 23.0 Å². The second-order valence-electron chi connectivity index (χ2n) is 9.11. The van der Waals surface area contributed by atoms with Gasteiger partial charge in [-0.25, -0.2) is 4.68 Å². The maximum atomic E-state index is 13.5. The molecule has 1 saturated carbocycles. The molecule has 35 heavy (non-hydrogen) atoms. The average Bonchev–Trinajstić information content (AvgIpc) is 3.57. The standard InChI is InChI=1S/C27H32N6O2/c1-3-32(18-19-10-6-5-7-11-19)25(26-29-30-31-33(26)21-12-8-9-13-21)23-17-20-16-22(35-4-2)14-15-24(20)28-27(23)34/h5-7,10-11,14-17,21,25H,3-4,8-9,12-13,18H2,1-2H3,(H,28,34)/t25-/m0/s1. The number of aromatic amines is 1. The van der Waals surface area contributed by atoms with Crippen LogP contribution in [0, 0.1) is 0 Å². The third-order valence-corrected chi connectivity index (χ3v) is 6.88. The highest BCUT2D eigenvalue weighted by molar-refractivity contribution is 5.80. The Kier molecular flexibility index (Phi) is 6.90. The summed E-state index contributed by atoms with van der Waals surface area (Å²) in [7, 11) is 0. The number of nitrogens with one attached hydrogen (secondary N) is 1. The van der Waals surface area contributed by atoms with Crippen LogP contribution in [0.1, 0.15) is 68.6 Å². The molecule has 182 valence electrons. The molecule has 0 aliphatic heterocycles. The highest BCUT2D eigenvalue weighted by Gasteiger charge is 2.32. The SMILES string of the molecule is CCOc1ccc2[nH]c(=O)c([C@@H](c3nnnn3C3CCCC3)N(CC)Cc3ccccc3)cc2c1. The lowest BCUT2D eigenvalue weighted by Crippen LogP contribution is -2.35. The van der Waals surface area contributed by atoms with Gasteiger partial charge in [-0.1, -0.05) is 50.1 Å². The molecule has 5 rings (SSSR count). The Morgan fingerprint density at radius 1 is 1.11 bits per heavy atom. The zero-order valence-corrected chi connectivity index (χ0v) is 20.4. The lowest BCUT2D eigenvalue weighted by Gasteiger charge is -2.30. The molecule has 1 atom stereocenters. The molecular weight excluding hydrogens is 440 g/mol. The number of rotatable bonds is 9. The summed E-state index contributed by atoms with van der Waals surface area (Å²) >= 11 is 0. The van der Waals surface area contributed by atoms with Crippen molar-refractivity contribution in [3.05, 3.63) is 81.9 Å². The predicted octanol–water partition coefficient (Wildman–Crippen LogP) is 4.64. The molecular formula is C27H32N6O2. The molecule has 0 saturated heterocycles. The van der Waals surface area contributed by atoms with Crippen molar-refractivity contribution in [1.82, 2.24) is 30.1 Å². The number of H-pyrrole nitrogens is 1. The van der Waals surface area contributed by atoms with Crippen LogP contribution >= 0.6 is 0 Å². The van der Waals surface area contributed by atoms with Crippen molar-refractivity contribution in [1.29, 1.82) is 0 Å². The Bertz CT molecular complexity index is 1330. The van der Waals surface area contributed by atoms with Crippen molar-refractivity contribution in [2.75, 3.05) is 13.2 Å². The third kappa shape index (κ3) is 4.84. The van der Waals surface area contributed by atoms with E-state index in [0.717, 1.165) is 41.9 Å². The molecule has 2 aromatic heterocycles. The predicted molar refractivity (Wildman–Crippen MR) is 135 cm³/mol. The Hall–Kier alpha value is -3.52. The van der Waals surface area contributed by atoms with Crippen molar-refractivity contribution in [3.63, 3.8) is 0 Å². The summed E-state index contributed by atoms with van der Waals surface area (Å²) in [6.07, 6.45) is 4.46. The minimum absolute atomic E-state index is 0.126. The molecule has 1 aliphatic rings. The normalized spacial score (nSPS) is 15.2. The van der Waals surface area contributed by atoms with Gasteiger partial charge in [0.2, 0.25) is 0 Å². The number of nitrogens with zero attached hydrogens (tertiary/aromatic N) is 5. The van der Waals surface area contributed by atoms with Gasteiger partial charge in [-0.15, -0.1) is 5.10 Å². The fourth-order valence-electron chi connectivity index (χ4n) is 5.15. The lowest BCUT2D eigenvalue weighted by molar-refractivity contribution is 0.210. The number of hydrogen-bond acceptors (Lipinski definition) is 6. The van der Waals surface area contributed by atoms with E-state index in [-0.39, 0.29) is 17.6 Å². The van der Waals surface area contributed by atoms with Gasteiger partial charge >= 0.3 is 0 Å². The van der Waals surface area contributed by atoms with Crippen molar-refractivity contribution >= 4 is 10.9 Å². The average molecular weight is 473 g/mol. The van der Waals surface area contributed by atoms with Crippen LogP contribution in [0.15, 0.2) is 59.4 Å². The van der Waals surface area contributed by atoms with Gasteiger partial charge in [-0.05, 0) is 66.6 Å². The van der Waals surface area contributed by atoms with Crippen LogP contribution in [0.2, 0.25) is 0 Å². The zero-order chi connectivity index (χ0) is 24.2. The molecule has 0 bridgehead atoms. The molecule has 1 fully saturated rings. The number of aromatic nitrogens is 5. The van der Waals surface area contributed by atoms with Crippen molar-refractivity contribution in [2.24, 2.45) is 0 Å². The second kappa shape index (κ2) is 10.4. The van der Waals surface area contributed by atoms with Gasteiger partial charge in [0.15, 0.2) is 5.82 Å². The largest absolute Gasteiger partial charge is 0.494 e. The molecule has 1 aliphatic carbocycles. The smallest absolute Gasteiger partial charge is 0.253 e. The number of fused-ring (bicyclic) bond motifs is 1. The first-order chi connectivity index (χ1) is 17.2. The van der Waals surface area contributed by atoms with Gasteiger partial charge in [0.05, 0.1) is 12.6 Å². The topological polar surface area (TPSA) is 88.9 Å². The summed E-state index contributed by atoms with van der Waals surface area (Å²) in [6, 6.07) is 17.9. The number of hydrogen-bond donors (Lipinski definition) is 1. The molecule has 0 radical (unpaired) electrons. The molecule has 0 spiro atoms. The number of pyridine rings is 1. The Morgan fingerprint density at radius 2 is 1.91 bits per heavy atom. The Morgan fingerprint density at radius 3 is 2.66 bits per heavy atom. The molecule has 0 unspecified atom stereocenters. The first-order valence-electron chi connectivity index (χ1n) is 12.5. The first kappa shape index (κ1) is 23.2. The molecule has 0 amide bonds. The van der Waals surface area contributed by atoms with Crippen LogP contribution in [0.5, 0.6) is 5.75 Å². The van der Waals surface area contributed by atoms with Gasteiger partial charge < -0.3 is 9.72 Å². The third-order valence-electron chi connectivity index (χ3n) is 6.88. The van der Waals surface area contributed by atoms with Gasteiger partial charge in [0.25, 0.3) is 5.56 Å². The highest BCUT2D eigenvalue weighted by atomic mass is 16.5. The van der Waals surface area contributed by atoms with E-state index in [1.54, 1.807) is 0 Å². The van der Waals surface area contributed by atoms with E-state index in [4.69, 9.17) is 4.74 Å². The van der Waals surface area contributed by atoms with Crippen LogP contribution in [-0.2, 0) is 6.54 Å². The molecule has 2 aromatic carbocycles. The maximum absolute atomic E-state index is 13.5. The summed E-state index contributed by atoms with van der Waals surface area (Å²) in [5.74, 6) is 1.50. The quantitative estimate of drug-likeness (QED) is 0.382. The van der Waals surface area contributed by atoms with E-state index in [9.17, 15) is 4.79 Å². The summed E-state index contributed by atoms with van der Waals surface area (Å²) in [5.41, 5.74) is 2.47. The number of tetrazole rings is 1. The van der Waals surface area contributed by atoms with Crippen LogP contribution in [0.4, 0.5) is 0 Å². The van der Waals surface area contributed by atoms with Crippen LogP contribution in [0.3, 0.4) is 0 Å². The molecule has 8 nitrogen and oxygen atoms in total. The summed E-state index contributed by atoms with van der Waals surface area (Å²) in [5, 5.41) is 13.9. The minimum Gasteiger partial charge on any atom is -0.494 e. The highest BCUT2D eigenvalue weighted by Crippen LogP contribution is 2.34. The van der Waals surface area contributed by atoms with Crippen LogP contribution in [0.25, 0.3) is 10.9 Å². The van der Waals surface area contributed by atoms with Gasteiger partial charge in [0.1, 0.15) is 11.8 Å². The fourth-order valence-corrected chi connectivity index (χ4v) is 5.15. The van der Waals surface area contributed by atoms with E-state index >= 15 is 0 Å². The van der Waals surface area contributed by atoms with Gasteiger partial charge in [-0.3, -0.25) is 9.69 Å². The van der Waals surface area contributed by atoms with Crippen molar-refractivity contribution in [3.8, 4) is 5.75 Å². The fraction of sp³-hybridized carbons (Fsp3) is 0.407. The van der Waals surface area contributed by atoms with E-state index in [1.807, 2.05) is 54.1 Å². The van der Waals surface area contributed by atoms with E-state index in [0.29, 0.717) is 18.7 Å². The monoisotopic (exact) mass is 472 g/mol. The molecule has 2 heterocycles. The van der Waals surface area contributed by atoms with E-state index < -0.39 is 0 Å². The van der Waals surface area contributed by atoms with Crippen LogP contribution in [-0.4, -0.2) is 43.2 Å². The summed E-state index contributed by atoms with van der Waals surface area (Å²) in [4.78, 5) is 18.9. The number of ether oxygens (including phenoxy) is 1. The van der Waals surface area contributed by atoms with E-state index in [1.165, 1.54) is 18.4 Å². The first-order valence-corrected chi connectivity index (χ1v) is 12.5. The van der Waals surface area contributed by atoms with Crippen molar-refractivity contribution < 1.29 is 4.74 Å². The Balaban J connectivity index is 1.65. The lowest BCUT2D eigenvalue weighted by atomic mass is 10.0. The van der Waals surface area contributed by atoms with Crippen molar-refractivity contribution in [2.45, 2.75) is 58.2 Å².